The maximum atomic E-state index is 12.0. The third-order valence-corrected chi connectivity index (χ3v) is 4.02. The summed E-state index contributed by atoms with van der Waals surface area (Å²) in [7, 11) is 1.74. The van der Waals surface area contributed by atoms with Crippen molar-refractivity contribution in [2.75, 3.05) is 39.9 Å². The third-order valence-electron chi connectivity index (χ3n) is 4.02. The molecular formula is C19H31IN4O2. The highest BCUT2D eigenvalue weighted by Crippen LogP contribution is 2.28. The Morgan fingerprint density at radius 1 is 1.19 bits per heavy atom. The second-order valence-electron chi connectivity index (χ2n) is 6.42. The molecule has 0 aromatic heterocycles. The molecule has 0 heterocycles. The molecule has 3 N–H and O–H groups in total. The van der Waals surface area contributed by atoms with E-state index in [1.54, 1.807) is 7.05 Å². The van der Waals surface area contributed by atoms with Gasteiger partial charge < -0.3 is 20.7 Å². The summed E-state index contributed by atoms with van der Waals surface area (Å²) in [6.45, 7) is 5.65. The minimum atomic E-state index is -0.0544. The number of carbonyl (C=O) groups excluding carboxylic acids is 1. The van der Waals surface area contributed by atoms with Crippen LogP contribution in [0.4, 0.5) is 0 Å². The average Bonchev–Trinajstić information content (AvgIpc) is 3.43. The van der Waals surface area contributed by atoms with Crippen LogP contribution in [0.2, 0.25) is 0 Å². The van der Waals surface area contributed by atoms with Gasteiger partial charge in [-0.25, -0.2) is 0 Å². The second-order valence-corrected chi connectivity index (χ2v) is 6.42. The Labute approximate surface area is 173 Å². The SMILES string of the molecule is CN=C(NCCCOCC1CC1)NCCNC(=O)c1cccc(C)c1.I. The van der Waals surface area contributed by atoms with Crippen LogP contribution in [0, 0.1) is 12.8 Å². The Bertz CT molecular complexity index is 576. The number of benzene rings is 1. The van der Waals surface area contributed by atoms with Crippen LogP contribution >= 0.6 is 24.0 Å². The molecule has 0 atom stereocenters. The van der Waals surface area contributed by atoms with E-state index >= 15 is 0 Å². The molecule has 0 aliphatic heterocycles. The molecule has 1 aromatic rings. The van der Waals surface area contributed by atoms with E-state index in [9.17, 15) is 4.79 Å². The van der Waals surface area contributed by atoms with Crippen molar-refractivity contribution in [3.05, 3.63) is 35.4 Å². The largest absolute Gasteiger partial charge is 0.381 e. The van der Waals surface area contributed by atoms with Gasteiger partial charge in [0.25, 0.3) is 5.91 Å². The fourth-order valence-corrected chi connectivity index (χ4v) is 2.38. The normalized spacial score (nSPS) is 13.7. The first kappa shape index (κ1) is 22.7. The fourth-order valence-electron chi connectivity index (χ4n) is 2.38. The molecular weight excluding hydrogens is 443 g/mol. The van der Waals surface area contributed by atoms with Crippen molar-refractivity contribution in [3.63, 3.8) is 0 Å². The van der Waals surface area contributed by atoms with Crippen LogP contribution in [0.5, 0.6) is 0 Å². The summed E-state index contributed by atoms with van der Waals surface area (Å²) in [5.41, 5.74) is 1.77. The molecule has 0 bridgehead atoms. The zero-order valence-corrected chi connectivity index (χ0v) is 18.0. The Kier molecular flexibility index (Phi) is 11.3. The Hall–Kier alpha value is -1.35. The second kappa shape index (κ2) is 12.9. The Balaban J connectivity index is 0.00000338. The maximum Gasteiger partial charge on any atom is 0.251 e. The Morgan fingerprint density at radius 2 is 1.92 bits per heavy atom. The van der Waals surface area contributed by atoms with E-state index in [4.69, 9.17) is 4.74 Å². The standard InChI is InChI=1S/C19H30N4O2.HI/c1-15-5-3-6-17(13-15)18(24)21-10-11-23-19(20-2)22-9-4-12-25-14-16-7-8-16;/h3,5-6,13,16H,4,7-12,14H2,1-2H3,(H,21,24)(H2,20,22,23);1H. The van der Waals surface area contributed by atoms with E-state index < -0.39 is 0 Å². The van der Waals surface area contributed by atoms with Crippen LogP contribution in [0.25, 0.3) is 0 Å². The molecule has 7 heteroatoms. The predicted octanol–water partition coefficient (Wildman–Crippen LogP) is 2.32. The lowest BCUT2D eigenvalue weighted by Gasteiger charge is -2.12. The van der Waals surface area contributed by atoms with Crippen molar-refractivity contribution in [1.29, 1.82) is 0 Å². The quantitative estimate of drug-likeness (QED) is 0.211. The Morgan fingerprint density at radius 3 is 2.62 bits per heavy atom. The lowest BCUT2D eigenvalue weighted by Crippen LogP contribution is -2.42. The van der Waals surface area contributed by atoms with Gasteiger partial charge in [-0.1, -0.05) is 17.7 Å². The van der Waals surface area contributed by atoms with Gasteiger partial charge in [-0.15, -0.1) is 24.0 Å². The monoisotopic (exact) mass is 474 g/mol. The van der Waals surface area contributed by atoms with E-state index in [0.29, 0.717) is 18.7 Å². The highest BCUT2D eigenvalue weighted by molar-refractivity contribution is 14.0. The van der Waals surface area contributed by atoms with Gasteiger partial charge in [0.05, 0.1) is 0 Å². The van der Waals surface area contributed by atoms with Gasteiger partial charge in [0.15, 0.2) is 5.96 Å². The summed E-state index contributed by atoms with van der Waals surface area (Å²) in [4.78, 5) is 16.2. The van der Waals surface area contributed by atoms with E-state index in [0.717, 1.165) is 43.6 Å². The molecule has 6 nitrogen and oxygen atoms in total. The van der Waals surface area contributed by atoms with Crippen molar-refractivity contribution >= 4 is 35.8 Å². The van der Waals surface area contributed by atoms with E-state index in [2.05, 4.69) is 20.9 Å². The number of hydrogen-bond acceptors (Lipinski definition) is 3. The first-order valence-electron chi connectivity index (χ1n) is 9.06. The minimum Gasteiger partial charge on any atom is -0.381 e. The third kappa shape index (κ3) is 9.38. The number of halogens is 1. The molecule has 2 rings (SSSR count). The number of carbonyl (C=O) groups is 1. The van der Waals surface area contributed by atoms with Gasteiger partial charge >= 0.3 is 0 Å². The number of ether oxygens (including phenoxy) is 1. The number of aryl methyl sites for hydroxylation is 1. The molecule has 1 fully saturated rings. The summed E-state index contributed by atoms with van der Waals surface area (Å²) in [6.07, 6.45) is 3.61. The van der Waals surface area contributed by atoms with Crippen molar-refractivity contribution in [2.45, 2.75) is 26.2 Å². The molecule has 1 aliphatic rings. The number of nitrogens with one attached hydrogen (secondary N) is 3. The zero-order chi connectivity index (χ0) is 17.9. The number of hydrogen-bond donors (Lipinski definition) is 3. The van der Waals surface area contributed by atoms with Crippen LogP contribution in [0.15, 0.2) is 29.3 Å². The van der Waals surface area contributed by atoms with E-state index in [-0.39, 0.29) is 29.9 Å². The van der Waals surface area contributed by atoms with Gasteiger partial charge in [-0.2, -0.15) is 0 Å². The van der Waals surface area contributed by atoms with Gasteiger partial charge in [0.1, 0.15) is 0 Å². The number of guanidine groups is 1. The number of nitrogens with zero attached hydrogens (tertiary/aromatic N) is 1. The molecule has 146 valence electrons. The summed E-state index contributed by atoms with van der Waals surface area (Å²) in [5, 5.41) is 9.34. The number of aliphatic imine (C=N–C) groups is 1. The summed E-state index contributed by atoms with van der Waals surface area (Å²) < 4.78 is 5.60. The van der Waals surface area contributed by atoms with Crippen molar-refractivity contribution in [3.8, 4) is 0 Å². The molecule has 0 radical (unpaired) electrons. The summed E-state index contributed by atoms with van der Waals surface area (Å²) >= 11 is 0. The number of amides is 1. The molecule has 1 aliphatic carbocycles. The van der Waals surface area contributed by atoms with Crippen molar-refractivity contribution in [1.82, 2.24) is 16.0 Å². The van der Waals surface area contributed by atoms with Crippen LogP contribution in [0.1, 0.15) is 35.2 Å². The zero-order valence-electron chi connectivity index (χ0n) is 15.7. The van der Waals surface area contributed by atoms with Gasteiger partial charge in [0.2, 0.25) is 0 Å². The van der Waals surface area contributed by atoms with Crippen molar-refractivity contribution < 1.29 is 9.53 Å². The molecule has 26 heavy (non-hydrogen) atoms. The highest BCUT2D eigenvalue weighted by atomic mass is 127. The maximum absolute atomic E-state index is 12.0. The molecule has 1 saturated carbocycles. The van der Waals surface area contributed by atoms with E-state index in [1.165, 1.54) is 12.8 Å². The van der Waals surface area contributed by atoms with Crippen molar-refractivity contribution in [2.24, 2.45) is 10.9 Å². The highest BCUT2D eigenvalue weighted by Gasteiger charge is 2.20. The van der Waals surface area contributed by atoms with Gasteiger partial charge in [-0.3, -0.25) is 9.79 Å². The van der Waals surface area contributed by atoms with Gasteiger partial charge in [0, 0.05) is 45.5 Å². The number of rotatable bonds is 10. The molecule has 0 saturated heterocycles. The molecule has 0 spiro atoms. The van der Waals surface area contributed by atoms with Crippen LogP contribution in [-0.4, -0.2) is 51.8 Å². The summed E-state index contributed by atoms with van der Waals surface area (Å²) in [6, 6.07) is 7.57. The topological polar surface area (TPSA) is 74.8 Å². The average molecular weight is 474 g/mol. The molecule has 1 aromatic carbocycles. The summed E-state index contributed by atoms with van der Waals surface area (Å²) in [5.74, 6) is 1.51. The smallest absolute Gasteiger partial charge is 0.251 e. The van der Waals surface area contributed by atoms with Gasteiger partial charge in [-0.05, 0) is 44.2 Å². The van der Waals surface area contributed by atoms with Crippen LogP contribution in [0.3, 0.4) is 0 Å². The van der Waals surface area contributed by atoms with Crippen LogP contribution in [-0.2, 0) is 4.74 Å². The molecule has 0 unspecified atom stereocenters. The predicted molar refractivity (Wildman–Crippen MR) is 116 cm³/mol. The minimum absolute atomic E-state index is 0. The first-order valence-corrected chi connectivity index (χ1v) is 9.06. The molecule has 1 amide bonds. The first-order chi connectivity index (χ1) is 12.2. The lowest BCUT2D eigenvalue weighted by atomic mass is 10.1. The fraction of sp³-hybridized carbons (Fsp3) is 0.579. The lowest BCUT2D eigenvalue weighted by molar-refractivity contribution is 0.0954. The van der Waals surface area contributed by atoms with Crippen LogP contribution < -0.4 is 16.0 Å². The van der Waals surface area contributed by atoms with E-state index in [1.807, 2.05) is 31.2 Å².